The molecular weight excluding hydrogens is 337 g/mol. The summed E-state index contributed by atoms with van der Waals surface area (Å²) < 4.78 is 32.9. The summed E-state index contributed by atoms with van der Waals surface area (Å²) in [7, 11) is 3.44. The van der Waals surface area contributed by atoms with Crippen molar-refractivity contribution in [1.29, 1.82) is 0 Å². The van der Waals surface area contributed by atoms with E-state index in [0.29, 0.717) is 0 Å². The van der Waals surface area contributed by atoms with Gasteiger partial charge in [0.1, 0.15) is 18.2 Å². The zero-order valence-corrected chi connectivity index (χ0v) is 13.8. The van der Waals surface area contributed by atoms with Crippen LogP contribution in [0.5, 0.6) is 0 Å². The smallest absolute Gasteiger partial charge is 0.355 e. The Bertz CT molecular complexity index is 744. The number of ether oxygens (including phenoxy) is 4. The van der Waals surface area contributed by atoms with Crippen molar-refractivity contribution in [3.05, 3.63) is 40.8 Å². The maximum absolute atomic E-state index is 13.6. The normalized spacial score (nSPS) is 14.2. The van der Waals surface area contributed by atoms with Crippen LogP contribution in [0.15, 0.2) is 29.5 Å². The maximum atomic E-state index is 13.6. The first kappa shape index (κ1) is 18.4. The van der Waals surface area contributed by atoms with Crippen LogP contribution in [-0.2, 0) is 28.5 Å². The van der Waals surface area contributed by atoms with E-state index in [2.05, 4.69) is 9.47 Å². The zero-order chi connectivity index (χ0) is 18.6. The fourth-order valence-corrected chi connectivity index (χ4v) is 2.35. The third kappa shape index (κ3) is 3.61. The van der Waals surface area contributed by atoms with Gasteiger partial charge in [-0.15, -0.1) is 0 Å². The van der Waals surface area contributed by atoms with Gasteiger partial charge in [0, 0.05) is 0 Å². The quantitative estimate of drug-likeness (QED) is 0.585. The van der Waals surface area contributed by atoms with Gasteiger partial charge in [0.2, 0.25) is 0 Å². The third-order valence-electron chi connectivity index (χ3n) is 3.49. The number of methoxy groups -OCH3 is 3. The number of carbonyl (C=O) groups excluding carboxylic acids is 3. The minimum atomic E-state index is -0.830. The van der Waals surface area contributed by atoms with Crippen LogP contribution >= 0.6 is 0 Å². The van der Waals surface area contributed by atoms with Crippen molar-refractivity contribution in [2.45, 2.75) is 0 Å². The molecule has 0 unspecified atom stereocenters. The lowest BCUT2D eigenvalue weighted by Crippen LogP contribution is -2.39. The van der Waals surface area contributed by atoms with Crippen molar-refractivity contribution in [3.63, 3.8) is 0 Å². The molecule has 0 aliphatic carbocycles. The molecule has 8 nitrogen and oxygen atoms in total. The minimum Gasteiger partial charge on any atom is -0.466 e. The first-order valence-corrected chi connectivity index (χ1v) is 7.07. The van der Waals surface area contributed by atoms with Crippen LogP contribution in [0.25, 0.3) is 0 Å². The highest BCUT2D eigenvalue weighted by molar-refractivity contribution is 6.05. The minimum absolute atomic E-state index is 0.0826. The fourth-order valence-electron chi connectivity index (χ4n) is 2.35. The van der Waals surface area contributed by atoms with Crippen LogP contribution < -0.4 is 4.90 Å². The van der Waals surface area contributed by atoms with Crippen molar-refractivity contribution < 1.29 is 37.7 Å². The average Bonchev–Trinajstić information content (AvgIpc) is 2.65. The number of hydrogen-bond donors (Lipinski definition) is 0. The molecule has 1 aromatic rings. The Morgan fingerprint density at radius 1 is 1.04 bits per heavy atom. The molecule has 1 aliphatic rings. The first-order chi connectivity index (χ1) is 11.9. The molecule has 1 heterocycles. The van der Waals surface area contributed by atoms with Crippen LogP contribution in [0.3, 0.4) is 0 Å². The zero-order valence-electron chi connectivity index (χ0n) is 13.8. The molecule has 2 rings (SSSR count). The molecule has 0 atom stereocenters. The number of benzene rings is 1. The van der Waals surface area contributed by atoms with E-state index < -0.39 is 23.7 Å². The van der Waals surface area contributed by atoms with E-state index in [1.165, 1.54) is 11.0 Å². The monoisotopic (exact) mass is 353 g/mol. The highest BCUT2D eigenvalue weighted by Gasteiger charge is 2.34. The fraction of sp³-hybridized carbons (Fsp3) is 0.312. The van der Waals surface area contributed by atoms with Crippen LogP contribution in [0.1, 0.15) is 10.4 Å². The molecule has 0 radical (unpaired) electrons. The van der Waals surface area contributed by atoms with E-state index in [1.54, 1.807) is 0 Å². The molecule has 9 heteroatoms. The van der Waals surface area contributed by atoms with E-state index in [9.17, 15) is 18.8 Å². The molecule has 0 N–H and O–H groups in total. The van der Waals surface area contributed by atoms with Crippen molar-refractivity contribution >= 4 is 23.6 Å². The molecule has 1 aliphatic heterocycles. The van der Waals surface area contributed by atoms with Gasteiger partial charge in [0.25, 0.3) is 0 Å². The van der Waals surface area contributed by atoms with Gasteiger partial charge in [0.05, 0.1) is 44.8 Å². The molecule has 1 aromatic carbocycles. The third-order valence-corrected chi connectivity index (χ3v) is 3.49. The van der Waals surface area contributed by atoms with Crippen LogP contribution in [0.4, 0.5) is 10.1 Å². The maximum Gasteiger partial charge on any atom is 0.355 e. The lowest BCUT2D eigenvalue weighted by molar-refractivity contribution is -0.140. The van der Waals surface area contributed by atoms with Crippen molar-refractivity contribution in [3.8, 4) is 0 Å². The number of rotatable bonds is 4. The van der Waals surface area contributed by atoms with Gasteiger partial charge in [-0.3, -0.25) is 0 Å². The Morgan fingerprint density at radius 3 is 2.28 bits per heavy atom. The molecule has 0 aromatic heterocycles. The van der Waals surface area contributed by atoms with Crippen LogP contribution in [0, 0.1) is 5.82 Å². The Balaban J connectivity index is 2.66. The highest BCUT2D eigenvalue weighted by Crippen LogP contribution is 2.30. The number of esters is 3. The number of hydrogen-bond acceptors (Lipinski definition) is 8. The summed E-state index contributed by atoms with van der Waals surface area (Å²) in [4.78, 5) is 37.4. The second kappa shape index (κ2) is 7.75. The summed E-state index contributed by atoms with van der Waals surface area (Å²) in [5.41, 5.74) is -0.258. The standard InChI is InChI=1S/C16H16FNO7/c1-22-14(19)10-6-9(17)4-5-12(10)18-8-25-7-11(15(20)23-2)13(18)16(21)24-3/h4-6H,7-8H2,1-3H3. The predicted molar refractivity (Wildman–Crippen MR) is 82.1 cm³/mol. The van der Waals surface area contributed by atoms with Gasteiger partial charge < -0.3 is 23.8 Å². The number of anilines is 1. The van der Waals surface area contributed by atoms with Crippen LogP contribution in [-0.4, -0.2) is 52.6 Å². The van der Waals surface area contributed by atoms with Crippen molar-refractivity contribution in [2.24, 2.45) is 0 Å². The lowest BCUT2D eigenvalue weighted by Gasteiger charge is -2.32. The lowest BCUT2D eigenvalue weighted by atomic mass is 10.1. The molecular formula is C16H16FNO7. The Morgan fingerprint density at radius 2 is 1.68 bits per heavy atom. The van der Waals surface area contributed by atoms with Gasteiger partial charge in [0.15, 0.2) is 0 Å². The van der Waals surface area contributed by atoms with Crippen molar-refractivity contribution in [2.75, 3.05) is 39.6 Å². The average molecular weight is 353 g/mol. The molecule has 134 valence electrons. The van der Waals surface area contributed by atoms with Gasteiger partial charge in [-0.05, 0) is 18.2 Å². The molecule has 25 heavy (non-hydrogen) atoms. The second-order valence-electron chi connectivity index (χ2n) is 4.87. The number of halogens is 1. The van der Waals surface area contributed by atoms with Gasteiger partial charge in [-0.1, -0.05) is 0 Å². The second-order valence-corrected chi connectivity index (χ2v) is 4.87. The Kier molecular flexibility index (Phi) is 5.71. The molecule has 0 spiro atoms. The Labute approximate surface area is 142 Å². The van der Waals surface area contributed by atoms with Gasteiger partial charge in [-0.2, -0.15) is 0 Å². The summed E-state index contributed by atoms with van der Waals surface area (Å²) >= 11 is 0. The first-order valence-electron chi connectivity index (χ1n) is 7.07. The predicted octanol–water partition coefficient (Wildman–Crippen LogP) is 1.01. The topological polar surface area (TPSA) is 91.4 Å². The summed E-state index contributed by atoms with van der Waals surface area (Å²) in [5.74, 6) is -3.10. The van der Waals surface area contributed by atoms with E-state index in [1.807, 2.05) is 0 Å². The molecule has 0 amide bonds. The van der Waals surface area contributed by atoms with E-state index >= 15 is 0 Å². The summed E-state index contributed by atoms with van der Waals surface area (Å²) in [6, 6.07) is 3.33. The highest BCUT2D eigenvalue weighted by atomic mass is 19.1. The number of carbonyl (C=O) groups is 3. The summed E-state index contributed by atoms with van der Waals surface area (Å²) in [6.45, 7) is -0.344. The van der Waals surface area contributed by atoms with E-state index in [0.717, 1.165) is 33.5 Å². The largest absolute Gasteiger partial charge is 0.466 e. The van der Waals surface area contributed by atoms with E-state index in [4.69, 9.17) is 9.47 Å². The number of nitrogens with zero attached hydrogens (tertiary/aromatic N) is 1. The molecule has 0 fully saturated rings. The van der Waals surface area contributed by atoms with E-state index in [-0.39, 0.29) is 35.9 Å². The summed E-state index contributed by atoms with van der Waals surface area (Å²) in [6.07, 6.45) is 0. The van der Waals surface area contributed by atoms with Gasteiger partial charge in [-0.25, -0.2) is 18.8 Å². The van der Waals surface area contributed by atoms with Crippen molar-refractivity contribution in [1.82, 2.24) is 0 Å². The molecule has 0 saturated heterocycles. The molecule has 0 bridgehead atoms. The SMILES string of the molecule is COC(=O)C1=C(C(=O)OC)N(c2ccc(F)cc2C(=O)OC)COC1. The van der Waals surface area contributed by atoms with Crippen LogP contribution in [0.2, 0.25) is 0 Å². The van der Waals surface area contributed by atoms with Gasteiger partial charge >= 0.3 is 17.9 Å². The molecule has 0 saturated carbocycles. The summed E-state index contributed by atoms with van der Waals surface area (Å²) in [5, 5.41) is 0. The Hall–Kier alpha value is -2.94.